The maximum Gasteiger partial charge on any atom is 0.300 e. The van der Waals surface area contributed by atoms with Gasteiger partial charge in [0.15, 0.2) is 11.5 Å². The van der Waals surface area contributed by atoms with Gasteiger partial charge in [-0.1, -0.05) is 22.0 Å². The van der Waals surface area contributed by atoms with Gasteiger partial charge in [-0.2, -0.15) is 0 Å². The van der Waals surface area contributed by atoms with Crippen LogP contribution in [-0.2, 0) is 10.1 Å². The molecule has 0 aromatic heterocycles. The van der Waals surface area contributed by atoms with Crippen LogP contribution in [0.15, 0.2) is 18.2 Å². The van der Waals surface area contributed by atoms with Crippen molar-refractivity contribution < 1.29 is 19.7 Å². The predicted molar refractivity (Wildman–Crippen MR) is 60.6 cm³/mol. The number of carboxylic acid groups (broad SMARTS) is 1. The summed E-state index contributed by atoms with van der Waals surface area (Å²) in [6.45, 7) is 1.08. The SMILES string of the molecule is CC(=O)O.COc1cc(CBr)ccc1O. The standard InChI is InChI=1S/C8H9BrO2.C2H4O2/c1-11-8-4-6(5-9)2-3-7(8)10;1-2(3)4/h2-4,10H,5H2,1H3;1H3,(H,3,4). The van der Waals surface area contributed by atoms with Crippen molar-refractivity contribution in [2.45, 2.75) is 12.3 Å². The number of rotatable bonds is 2. The van der Waals surface area contributed by atoms with Gasteiger partial charge in [0.1, 0.15) is 0 Å². The van der Waals surface area contributed by atoms with Crippen LogP contribution in [0.25, 0.3) is 0 Å². The van der Waals surface area contributed by atoms with Gasteiger partial charge in [0.25, 0.3) is 5.97 Å². The minimum absolute atomic E-state index is 0.178. The van der Waals surface area contributed by atoms with Crippen LogP contribution in [0.1, 0.15) is 12.5 Å². The van der Waals surface area contributed by atoms with Crippen molar-refractivity contribution in [3.05, 3.63) is 23.8 Å². The van der Waals surface area contributed by atoms with E-state index in [4.69, 9.17) is 14.6 Å². The van der Waals surface area contributed by atoms with E-state index in [1.54, 1.807) is 12.1 Å². The zero-order valence-electron chi connectivity index (χ0n) is 8.53. The lowest BCUT2D eigenvalue weighted by molar-refractivity contribution is -0.134. The van der Waals surface area contributed by atoms with Gasteiger partial charge in [-0.05, 0) is 17.7 Å². The largest absolute Gasteiger partial charge is 0.504 e. The Kier molecular flexibility index (Phi) is 6.53. The quantitative estimate of drug-likeness (QED) is 0.814. The lowest BCUT2D eigenvalue weighted by Crippen LogP contribution is -1.85. The molecule has 0 unspecified atom stereocenters. The molecule has 0 bridgehead atoms. The number of aromatic hydroxyl groups is 1. The molecule has 0 saturated heterocycles. The van der Waals surface area contributed by atoms with Crippen LogP contribution in [0, 0.1) is 0 Å². The van der Waals surface area contributed by atoms with Gasteiger partial charge in [-0.3, -0.25) is 4.79 Å². The number of ether oxygens (including phenoxy) is 1. The topological polar surface area (TPSA) is 66.8 Å². The van der Waals surface area contributed by atoms with Gasteiger partial charge in [0, 0.05) is 12.3 Å². The number of carboxylic acids is 1. The van der Waals surface area contributed by atoms with Gasteiger partial charge in [-0.15, -0.1) is 0 Å². The molecule has 0 aliphatic carbocycles. The molecular formula is C10H13BrO4. The predicted octanol–water partition coefficient (Wildman–Crippen LogP) is 2.39. The Bertz CT molecular complexity index is 321. The molecule has 0 heterocycles. The zero-order valence-corrected chi connectivity index (χ0v) is 10.1. The number of phenolic OH excluding ortho intramolecular Hbond substituents is 1. The first-order valence-corrected chi connectivity index (χ1v) is 5.24. The summed E-state index contributed by atoms with van der Waals surface area (Å²) in [4.78, 5) is 9.00. The van der Waals surface area contributed by atoms with E-state index in [1.165, 1.54) is 7.11 Å². The monoisotopic (exact) mass is 276 g/mol. The number of phenols is 1. The van der Waals surface area contributed by atoms with E-state index in [0.29, 0.717) is 5.75 Å². The van der Waals surface area contributed by atoms with Gasteiger partial charge in [0.2, 0.25) is 0 Å². The average molecular weight is 277 g/mol. The molecule has 0 spiro atoms. The Hall–Kier alpha value is -1.23. The van der Waals surface area contributed by atoms with E-state index in [1.807, 2.05) is 6.07 Å². The summed E-state index contributed by atoms with van der Waals surface area (Å²) in [6.07, 6.45) is 0. The highest BCUT2D eigenvalue weighted by Gasteiger charge is 2.00. The van der Waals surface area contributed by atoms with E-state index in [-0.39, 0.29) is 5.75 Å². The molecule has 1 aromatic rings. The second-order valence-corrected chi connectivity index (χ2v) is 3.22. The van der Waals surface area contributed by atoms with E-state index in [0.717, 1.165) is 17.8 Å². The lowest BCUT2D eigenvalue weighted by Gasteiger charge is -2.03. The Morgan fingerprint density at radius 1 is 1.53 bits per heavy atom. The Morgan fingerprint density at radius 2 is 2.07 bits per heavy atom. The minimum atomic E-state index is -0.833. The van der Waals surface area contributed by atoms with E-state index < -0.39 is 5.97 Å². The highest BCUT2D eigenvalue weighted by molar-refractivity contribution is 9.08. The fraction of sp³-hybridized carbons (Fsp3) is 0.300. The third-order valence-electron chi connectivity index (χ3n) is 1.40. The van der Waals surface area contributed by atoms with Crippen LogP contribution in [0.3, 0.4) is 0 Å². The van der Waals surface area contributed by atoms with E-state index >= 15 is 0 Å². The van der Waals surface area contributed by atoms with Gasteiger partial charge >= 0.3 is 0 Å². The van der Waals surface area contributed by atoms with Crippen LogP contribution in [0.2, 0.25) is 0 Å². The van der Waals surface area contributed by atoms with Crippen molar-refractivity contribution in [2.75, 3.05) is 7.11 Å². The molecule has 0 aliphatic rings. The second kappa shape index (κ2) is 7.11. The highest BCUT2D eigenvalue weighted by Crippen LogP contribution is 2.26. The number of alkyl halides is 1. The van der Waals surface area contributed by atoms with Crippen molar-refractivity contribution >= 4 is 21.9 Å². The Labute approximate surface area is 96.6 Å². The van der Waals surface area contributed by atoms with Crippen LogP contribution in [0.4, 0.5) is 0 Å². The van der Waals surface area contributed by atoms with Crippen molar-refractivity contribution in [3.8, 4) is 11.5 Å². The first-order valence-electron chi connectivity index (χ1n) is 4.12. The summed E-state index contributed by atoms with van der Waals surface area (Å²) in [6, 6.07) is 5.26. The minimum Gasteiger partial charge on any atom is -0.504 e. The Balaban J connectivity index is 0.000000423. The number of halogens is 1. The summed E-state index contributed by atoms with van der Waals surface area (Å²) in [5.41, 5.74) is 1.08. The smallest absolute Gasteiger partial charge is 0.300 e. The molecule has 0 amide bonds. The number of carbonyl (C=O) groups is 1. The molecule has 0 aliphatic heterocycles. The van der Waals surface area contributed by atoms with Crippen LogP contribution in [0.5, 0.6) is 11.5 Å². The molecule has 5 heteroatoms. The molecule has 0 fully saturated rings. The summed E-state index contributed by atoms with van der Waals surface area (Å²) in [5, 5.41) is 17.4. The highest BCUT2D eigenvalue weighted by atomic mass is 79.9. The fourth-order valence-corrected chi connectivity index (χ4v) is 1.15. The molecule has 1 rings (SSSR count). The zero-order chi connectivity index (χ0) is 11.8. The maximum absolute atomic E-state index is 9.19. The number of hydrogen-bond donors (Lipinski definition) is 2. The third kappa shape index (κ3) is 5.96. The van der Waals surface area contributed by atoms with Crippen molar-refractivity contribution in [2.24, 2.45) is 0 Å². The summed E-state index contributed by atoms with van der Waals surface area (Å²) in [5.74, 6) is -0.140. The molecule has 4 nitrogen and oxygen atoms in total. The first-order chi connectivity index (χ1) is 7.01. The average Bonchev–Trinajstić information content (AvgIpc) is 2.18. The molecule has 1 aromatic carbocycles. The lowest BCUT2D eigenvalue weighted by atomic mass is 10.2. The second-order valence-electron chi connectivity index (χ2n) is 2.66. The van der Waals surface area contributed by atoms with Crippen molar-refractivity contribution in [1.29, 1.82) is 0 Å². The van der Waals surface area contributed by atoms with Gasteiger partial charge in [-0.25, -0.2) is 0 Å². The molecule has 0 atom stereocenters. The molecule has 0 saturated carbocycles. The molecule has 0 radical (unpaired) electrons. The van der Waals surface area contributed by atoms with Crippen molar-refractivity contribution in [1.82, 2.24) is 0 Å². The molecule has 84 valence electrons. The van der Waals surface area contributed by atoms with E-state index in [9.17, 15) is 5.11 Å². The normalized spacial score (nSPS) is 8.73. The van der Waals surface area contributed by atoms with Gasteiger partial charge < -0.3 is 14.9 Å². The Morgan fingerprint density at radius 3 is 2.47 bits per heavy atom. The van der Waals surface area contributed by atoms with Crippen molar-refractivity contribution in [3.63, 3.8) is 0 Å². The third-order valence-corrected chi connectivity index (χ3v) is 2.05. The van der Waals surface area contributed by atoms with E-state index in [2.05, 4.69) is 15.9 Å². The number of benzene rings is 1. The van der Waals surface area contributed by atoms with Gasteiger partial charge in [0.05, 0.1) is 7.11 Å². The number of methoxy groups -OCH3 is 1. The molecule has 2 N–H and O–H groups in total. The summed E-state index contributed by atoms with van der Waals surface area (Å²) >= 11 is 3.31. The fourth-order valence-electron chi connectivity index (χ4n) is 0.805. The number of aliphatic carboxylic acids is 1. The molecule has 15 heavy (non-hydrogen) atoms. The van der Waals surface area contributed by atoms with Crippen LogP contribution >= 0.6 is 15.9 Å². The van der Waals surface area contributed by atoms with Crippen LogP contribution < -0.4 is 4.74 Å². The maximum atomic E-state index is 9.19. The molecular weight excluding hydrogens is 264 g/mol. The summed E-state index contributed by atoms with van der Waals surface area (Å²) in [7, 11) is 1.53. The summed E-state index contributed by atoms with van der Waals surface area (Å²) < 4.78 is 4.92. The van der Waals surface area contributed by atoms with Crippen LogP contribution in [-0.4, -0.2) is 23.3 Å². The first kappa shape index (κ1) is 13.8. The number of hydrogen-bond acceptors (Lipinski definition) is 3.